The van der Waals surface area contributed by atoms with E-state index in [0.29, 0.717) is 12.1 Å². The molecule has 0 aliphatic carbocycles. The molecule has 3 nitrogen and oxygen atoms in total. The van der Waals surface area contributed by atoms with Gasteiger partial charge in [0.2, 0.25) is 5.91 Å². The molecular weight excluding hydrogens is 268 g/mol. The van der Waals surface area contributed by atoms with Crippen LogP contribution in [0.4, 0.5) is 11.4 Å². The van der Waals surface area contributed by atoms with Crippen LogP contribution in [0.3, 0.4) is 0 Å². The number of nitrogens with two attached hydrogens (primary N) is 1. The maximum Gasteiger partial charge on any atom is 0.228 e. The summed E-state index contributed by atoms with van der Waals surface area (Å²) < 4.78 is 0. The largest absolute Gasteiger partial charge is 0.399 e. The summed E-state index contributed by atoms with van der Waals surface area (Å²) in [5, 5.41) is 2.97. The lowest BCUT2D eigenvalue weighted by Crippen LogP contribution is -2.14. The van der Waals surface area contributed by atoms with Crippen molar-refractivity contribution in [2.24, 2.45) is 0 Å². The summed E-state index contributed by atoms with van der Waals surface area (Å²) in [6.07, 6.45) is 0.353. The van der Waals surface area contributed by atoms with E-state index in [0.717, 1.165) is 21.9 Å². The topological polar surface area (TPSA) is 55.1 Å². The van der Waals surface area contributed by atoms with Gasteiger partial charge in [0.1, 0.15) is 0 Å². The van der Waals surface area contributed by atoms with Gasteiger partial charge in [-0.2, -0.15) is 0 Å². The fourth-order valence-electron chi connectivity index (χ4n) is 1.87. The van der Waals surface area contributed by atoms with Gasteiger partial charge < -0.3 is 11.1 Å². The fourth-order valence-corrected chi connectivity index (χ4v) is 2.63. The molecule has 0 saturated carbocycles. The van der Waals surface area contributed by atoms with Crippen LogP contribution in [0.15, 0.2) is 53.4 Å². The van der Waals surface area contributed by atoms with Crippen LogP contribution < -0.4 is 11.1 Å². The molecule has 0 bridgehead atoms. The first kappa shape index (κ1) is 14.5. The minimum absolute atomic E-state index is 0.0149. The monoisotopic (exact) mass is 286 g/mol. The molecule has 0 heterocycles. The molecule has 0 fully saturated rings. The Hall–Kier alpha value is -1.94. The Bertz CT molecular complexity index is 581. The summed E-state index contributed by atoms with van der Waals surface area (Å²) in [5.74, 6) is 0.962. The standard InChI is InChI=1S/C16H18N2OS/c1-2-20-15-6-4-3-5-14(15)18-16(19)11-12-7-9-13(17)10-8-12/h3-10H,2,11,17H2,1H3,(H,18,19). The van der Waals surface area contributed by atoms with Crippen molar-refractivity contribution in [2.45, 2.75) is 18.2 Å². The number of anilines is 2. The molecule has 104 valence electrons. The molecule has 0 radical (unpaired) electrons. The van der Waals surface area contributed by atoms with Crippen molar-refractivity contribution in [3.63, 3.8) is 0 Å². The van der Waals surface area contributed by atoms with E-state index in [4.69, 9.17) is 5.73 Å². The Morgan fingerprint density at radius 1 is 1.15 bits per heavy atom. The Kier molecular flexibility index (Phi) is 5.07. The van der Waals surface area contributed by atoms with Crippen LogP contribution in [0.1, 0.15) is 12.5 Å². The lowest BCUT2D eigenvalue weighted by molar-refractivity contribution is -0.115. The number of nitrogens with one attached hydrogen (secondary N) is 1. The Labute approximate surface area is 123 Å². The summed E-state index contributed by atoms with van der Waals surface area (Å²) >= 11 is 1.72. The number of benzene rings is 2. The van der Waals surface area contributed by atoms with E-state index in [1.807, 2.05) is 48.5 Å². The van der Waals surface area contributed by atoms with Crippen LogP contribution in [0.5, 0.6) is 0 Å². The van der Waals surface area contributed by atoms with Crippen LogP contribution in [-0.2, 0) is 11.2 Å². The van der Waals surface area contributed by atoms with Gasteiger partial charge in [0, 0.05) is 10.6 Å². The van der Waals surface area contributed by atoms with Crippen molar-refractivity contribution >= 4 is 29.0 Å². The quantitative estimate of drug-likeness (QED) is 0.652. The highest BCUT2D eigenvalue weighted by Crippen LogP contribution is 2.26. The summed E-state index contributed by atoms with van der Waals surface area (Å²) in [6, 6.07) is 15.2. The van der Waals surface area contributed by atoms with Crippen molar-refractivity contribution in [1.82, 2.24) is 0 Å². The van der Waals surface area contributed by atoms with E-state index in [9.17, 15) is 4.79 Å². The van der Waals surface area contributed by atoms with E-state index >= 15 is 0 Å². The molecule has 0 saturated heterocycles. The van der Waals surface area contributed by atoms with E-state index < -0.39 is 0 Å². The van der Waals surface area contributed by atoms with E-state index in [1.54, 1.807) is 11.8 Å². The molecule has 0 aromatic heterocycles. The zero-order valence-electron chi connectivity index (χ0n) is 11.4. The average Bonchev–Trinajstić information content (AvgIpc) is 2.44. The molecule has 1 amide bonds. The second kappa shape index (κ2) is 7.01. The number of hydrogen-bond donors (Lipinski definition) is 2. The SMILES string of the molecule is CCSc1ccccc1NC(=O)Cc1ccc(N)cc1. The summed E-state index contributed by atoms with van der Waals surface area (Å²) in [6.45, 7) is 2.09. The van der Waals surface area contributed by atoms with Gasteiger partial charge in [0.05, 0.1) is 12.1 Å². The minimum atomic E-state index is -0.0149. The molecule has 2 aromatic rings. The molecule has 0 aliphatic heterocycles. The van der Waals surface area contributed by atoms with E-state index in [-0.39, 0.29) is 5.91 Å². The Balaban J connectivity index is 2.02. The van der Waals surface area contributed by atoms with Gasteiger partial charge >= 0.3 is 0 Å². The molecule has 20 heavy (non-hydrogen) atoms. The molecule has 4 heteroatoms. The number of para-hydroxylation sites is 1. The number of carbonyl (C=O) groups excluding carboxylic acids is 1. The highest BCUT2D eigenvalue weighted by Gasteiger charge is 2.07. The van der Waals surface area contributed by atoms with Crippen LogP contribution in [0.25, 0.3) is 0 Å². The van der Waals surface area contributed by atoms with Crippen molar-refractivity contribution in [3.05, 3.63) is 54.1 Å². The lowest BCUT2D eigenvalue weighted by Gasteiger charge is -2.10. The van der Waals surface area contributed by atoms with Crippen LogP contribution in [-0.4, -0.2) is 11.7 Å². The van der Waals surface area contributed by atoms with Crippen molar-refractivity contribution in [3.8, 4) is 0 Å². The second-order valence-electron chi connectivity index (χ2n) is 4.40. The van der Waals surface area contributed by atoms with Gasteiger partial charge in [-0.1, -0.05) is 31.2 Å². The number of hydrogen-bond acceptors (Lipinski definition) is 3. The van der Waals surface area contributed by atoms with Crippen molar-refractivity contribution in [1.29, 1.82) is 0 Å². The van der Waals surface area contributed by atoms with Crippen LogP contribution in [0, 0.1) is 0 Å². The van der Waals surface area contributed by atoms with Crippen LogP contribution in [0.2, 0.25) is 0 Å². The molecule has 2 rings (SSSR count). The number of carbonyl (C=O) groups is 1. The molecule has 0 unspecified atom stereocenters. The zero-order valence-corrected chi connectivity index (χ0v) is 12.2. The van der Waals surface area contributed by atoms with Gasteiger partial charge in [-0.25, -0.2) is 0 Å². The number of rotatable bonds is 5. The zero-order chi connectivity index (χ0) is 14.4. The first-order valence-corrected chi connectivity index (χ1v) is 7.53. The summed E-state index contributed by atoms with van der Waals surface area (Å²) in [4.78, 5) is 13.2. The second-order valence-corrected chi connectivity index (χ2v) is 5.70. The molecule has 0 atom stereocenters. The third-order valence-corrected chi connectivity index (χ3v) is 3.76. The lowest BCUT2D eigenvalue weighted by atomic mass is 10.1. The molecular formula is C16H18N2OS. The number of nitrogen functional groups attached to an aromatic ring is 1. The highest BCUT2D eigenvalue weighted by molar-refractivity contribution is 7.99. The van der Waals surface area contributed by atoms with E-state index in [1.165, 1.54) is 0 Å². The predicted molar refractivity (Wildman–Crippen MR) is 86.0 cm³/mol. The van der Waals surface area contributed by atoms with Crippen molar-refractivity contribution in [2.75, 3.05) is 16.8 Å². The molecule has 0 spiro atoms. The smallest absolute Gasteiger partial charge is 0.228 e. The van der Waals surface area contributed by atoms with Gasteiger partial charge in [-0.3, -0.25) is 4.79 Å². The predicted octanol–water partition coefficient (Wildman–Crippen LogP) is 3.56. The fraction of sp³-hybridized carbons (Fsp3) is 0.188. The first-order valence-electron chi connectivity index (χ1n) is 6.55. The molecule has 0 aliphatic rings. The minimum Gasteiger partial charge on any atom is -0.399 e. The van der Waals surface area contributed by atoms with Crippen molar-refractivity contribution < 1.29 is 4.79 Å². The third kappa shape index (κ3) is 4.03. The van der Waals surface area contributed by atoms with E-state index in [2.05, 4.69) is 12.2 Å². The van der Waals surface area contributed by atoms with Gasteiger partial charge in [-0.05, 0) is 35.6 Å². The van der Waals surface area contributed by atoms with Gasteiger partial charge in [0.25, 0.3) is 0 Å². The maximum absolute atomic E-state index is 12.1. The Morgan fingerprint density at radius 2 is 1.85 bits per heavy atom. The first-order chi connectivity index (χ1) is 9.69. The normalized spacial score (nSPS) is 10.2. The van der Waals surface area contributed by atoms with Crippen LogP contribution >= 0.6 is 11.8 Å². The number of amides is 1. The molecule has 2 aromatic carbocycles. The van der Waals surface area contributed by atoms with Gasteiger partial charge in [0.15, 0.2) is 0 Å². The summed E-state index contributed by atoms with van der Waals surface area (Å²) in [7, 11) is 0. The highest BCUT2D eigenvalue weighted by atomic mass is 32.2. The number of thioether (sulfide) groups is 1. The summed E-state index contributed by atoms with van der Waals surface area (Å²) in [5.41, 5.74) is 8.17. The average molecular weight is 286 g/mol. The Morgan fingerprint density at radius 3 is 2.55 bits per heavy atom. The maximum atomic E-state index is 12.1. The third-order valence-electron chi connectivity index (χ3n) is 2.81. The molecule has 3 N–H and O–H groups in total. The van der Waals surface area contributed by atoms with Gasteiger partial charge in [-0.15, -0.1) is 11.8 Å².